The molecular formula is C20H19N3O4. The number of hydrogen-bond donors (Lipinski definition) is 2. The predicted molar refractivity (Wildman–Crippen MR) is 101 cm³/mol. The molecular weight excluding hydrogens is 346 g/mol. The zero-order valence-corrected chi connectivity index (χ0v) is 14.9. The first-order valence-corrected chi connectivity index (χ1v) is 8.27. The normalized spacial score (nSPS) is 10.6. The van der Waals surface area contributed by atoms with Crippen molar-refractivity contribution in [3.8, 4) is 5.75 Å². The number of aromatic nitrogens is 2. The minimum Gasteiger partial charge on any atom is -0.489 e. The first kappa shape index (κ1) is 18.2. The van der Waals surface area contributed by atoms with E-state index < -0.39 is 17.2 Å². The van der Waals surface area contributed by atoms with Gasteiger partial charge < -0.3 is 15.2 Å². The van der Waals surface area contributed by atoms with Crippen molar-refractivity contribution in [3.63, 3.8) is 0 Å². The minimum absolute atomic E-state index is 0.135. The first-order chi connectivity index (χ1) is 13.0. The average molecular weight is 365 g/mol. The number of carboxylic acid groups (broad SMARTS) is 1. The third-order valence-corrected chi connectivity index (χ3v) is 4.20. The molecule has 0 aliphatic heterocycles. The fourth-order valence-electron chi connectivity index (χ4n) is 2.82. The Balaban J connectivity index is 2.12. The number of benzene rings is 2. The molecule has 1 aromatic heterocycles. The van der Waals surface area contributed by atoms with Gasteiger partial charge in [-0.3, -0.25) is 9.36 Å². The Morgan fingerprint density at radius 2 is 1.59 bits per heavy atom. The van der Waals surface area contributed by atoms with Crippen LogP contribution in [-0.2, 0) is 7.05 Å². The summed E-state index contributed by atoms with van der Waals surface area (Å²) in [7, 11) is 2.76. The molecule has 3 aromatic rings. The van der Waals surface area contributed by atoms with Crippen LogP contribution in [0.4, 0.5) is 5.95 Å². The van der Waals surface area contributed by atoms with Gasteiger partial charge in [0, 0.05) is 7.05 Å². The van der Waals surface area contributed by atoms with Crippen molar-refractivity contribution >= 4 is 11.9 Å². The Hall–Kier alpha value is -3.61. The molecule has 0 amide bonds. The lowest BCUT2D eigenvalue weighted by molar-refractivity contribution is 0.0686. The number of ether oxygens (including phenoxy) is 1. The molecule has 0 aliphatic carbocycles. The first-order valence-electron chi connectivity index (χ1n) is 8.27. The van der Waals surface area contributed by atoms with Crippen LogP contribution >= 0.6 is 0 Å². The van der Waals surface area contributed by atoms with Crippen LogP contribution in [0, 0.1) is 0 Å². The standard InChI is InChI=1S/C20H19N3O4/c1-23-18(24)17(27-2)16(19(25)26)22-20(23)21-15(13-9-5-3-6-10-13)14-11-7-4-8-12-14/h3-12,15H,1-2H3,(H,21,22)(H,25,26). The third-order valence-electron chi connectivity index (χ3n) is 4.20. The minimum atomic E-state index is -1.33. The summed E-state index contributed by atoms with van der Waals surface area (Å²) in [6, 6.07) is 19.0. The van der Waals surface area contributed by atoms with Crippen molar-refractivity contribution in [1.29, 1.82) is 0 Å². The molecule has 2 N–H and O–H groups in total. The number of carbonyl (C=O) groups is 1. The maximum atomic E-state index is 12.5. The van der Waals surface area contributed by atoms with Crippen molar-refractivity contribution in [2.24, 2.45) is 7.05 Å². The fourth-order valence-corrected chi connectivity index (χ4v) is 2.82. The Morgan fingerprint density at radius 1 is 1.07 bits per heavy atom. The van der Waals surface area contributed by atoms with E-state index in [1.165, 1.54) is 18.7 Å². The molecule has 0 saturated carbocycles. The van der Waals surface area contributed by atoms with E-state index in [2.05, 4.69) is 10.3 Å². The highest BCUT2D eigenvalue weighted by Gasteiger charge is 2.23. The monoisotopic (exact) mass is 365 g/mol. The van der Waals surface area contributed by atoms with Gasteiger partial charge in [0.1, 0.15) is 0 Å². The van der Waals surface area contributed by atoms with E-state index >= 15 is 0 Å². The predicted octanol–water partition coefficient (Wildman–Crippen LogP) is 2.69. The van der Waals surface area contributed by atoms with Crippen molar-refractivity contribution in [2.45, 2.75) is 6.04 Å². The van der Waals surface area contributed by atoms with Crippen LogP contribution in [0.2, 0.25) is 0 Å². The largest absolute Gasteiger partial charge is 0.489 e. The highest BCUT2D eigenvalue weighted by Crippen LogP contribution is 2.26. The maximum absolute atomic E-state index is 12.5. The Bertz CT molecular complexity index is 961. The summed E-state index contributed by atoms with van der Waals surface area (Å²) in [5.41, 5.74) is 0.895. The van der Waals surface area contributed by atoms with Gasteiger partial charge in [0.15, 0.2) is 5.69 Å². The molecule has 0 saturated heterocycles. The van der Waals surface area contributed by atoms with Crippen LogP contribution < -0.4 is 15.6 Å². The van der Waals surface area contributed by atoms with Gasteiger partial charge in [-0.05, 0) is 11.1 Å². The average Bonchev–Trinajstić information content (AvgIpc) is 2.70. The molecule has 0 aliphatic rings. The van der Waals surface area contributed by atoms with Gasteiger partial charge in [-0.1, -0.05) is 60.7 Å². The SMILES string of the molecule is COc1c(C(=O)O)nc(NC(c2ccccc2)c2ccccc2)n(C)c1=O. The number of anilines is 1. The van der Waals surface area contributed by atoms with Crippen LogP contribution in [0.1, 0.15) is 27.7 Å². The van der Waals surface area contributed by atoms with Crippen LogP contribution in [-0.4, -0.2) is 27.7 Å². The van der Waals surface area contributed by atoms with E-state index in [0.717, 1.165) is 11.1 Å². The Kier molecular flexibility index (Phi) is 5.21. The van der Waals surface area contributed by atoms with Gasteiger partial charge in [0.2, 0.25) is 11.7 Å². The molecule has 1 heterocycles. The molecule has 0 fully saturated rings. The lowest BCUT2D eigenvalue weighted by Gasteiger charge is -2.22. The molecule has 0 radical (unpaired) electrons. The molecule has 7 nitrogen and oxygen atoms in total. The molecule has 3 rings (SSSR count). The second kappa shape index (κ2) is 7.74. The van der Waals surface area contributed by atoms with E-state index in [9.17, 15) is 14.7 Å². The maximum Gasteiger partial charge on any atom is 0.358 e. The number of nitrogens with one attached hydrogen (secondary N) is 1. The Labute approximate surface area is 155 Å². The van der Waals surface area contributed by atoms with Gasteiger partial charge in [0.05, 0.1) is 13.2 Å². The van der Waals surface area contributed by atoms with Gasteiger partial charge in [-0.25, -0.2) is 9.78 Å². The highest BCUT2D eigenvalue weighted by molar-refractivity contribution is 5.88. The summed E-state index contributed by atoms with van der Waals surface area (Å²) in [6.07, 6.45) is 0. The molecule has 0 unspecified atom stereocenters. The summed E-state index contributed by atoms with van der Waals surface area (Å²) in [4.78, 5) is 28.1. The second-order valence-electron chi connectivity index (χ2n) is 5.89. The van der Waals surface area contributed by atoms with Crippen molar-refractivity contribution in [1.82, 2.24) is 9.55 Å². The molecule has 7 heteroatoms. The van der Waals surface area contributed by atoms with Crippen molar-refractivity contribution in [3.05, 3.63) is 87.8 Å². The Morgan fingerprint density at radius 3 is 2.04 bits per heavy atom. The fraction of sp³-hybridized carbons (Fsp3) is 0.150. The molecule has 0 atom stereocenters. The van der Waals surface area contributed by atoms with Crippen molar-refractivity contribution < 1.29 is 14.6 Å². The van der Waals surface area contributed by atoms with Crippen molar-refractivity contribution in [2.75, 3.05) is 12.4 Å². The number of nitrogens with zero attached hydrogens (tertiary/aromatic N) is 2. The molecule has 2 aromatic carbocycles. The van der Waals surface area contributed by atoms with Gasteiger partial charge in [0.25, 0.3) is 5.56 Å². The zero-order chi connectivity index (χ0) is 19.4. The molecule has 0 bridgehead atoms. The molecule has 0 spiro atoms. The van der Waals surface area contributed by atoms with Crippen LogP contribution in [0.15, 0.2) is 65.5 Å². The van der Waals surface area contributed by atoms with Crippen LogP contribution in [0.25, 0.3) is 0 Å². The summed E-state index contributed by atoms with van der Waals surface area (Å²) < 4.78 is 6.18. The summed E-state index contributed by atoms with van der Waals surface area (Å²) in [5.74, 6) is -1.49. The van der Waals surface area contributed by atoms with E-state index in [1.54, 1.807) is 0 Å². The number of aromatic carboxylic acids is 1. The lowest BCUT2D eigenvalue weighted by Crippen LogP contribution is -2.28. The third kappa shape index (κ3) is 3.67. The van der Waals surface area contributed by atoms with Gasteiger partial charge in [-0.2, -0.15) is 0 Å². The number of hydrogen-bond acceptors (Lipinski definition) is 5. The highest BCUT2D eigenvalue weighted by atomic mass is 16.5. The number of carboxylic acids is 1. The van der Waals surface area contributed by atoms with Crippen LogP contribution in [0.3, 0.4) is 0 Å². The lowest BCUT2D eigenvalue weighted by atomic mass is 9.99. The summed E-state index contributed by atoms with van der Waals surface area (Å²) in [6.45, 7) is 0. The molecule has 138 valence electrons. The summed E-state index contributed by atoms with van der Waals surface area (Å²) >= 11 is 0. The molecule has 27 heavy (non-hydrogen) atoms. The zero-order valence-electron chi connectivity index (χ0n) is 14.9. The van der Waals surface area contributed by atoms with Crippen LogP contribution in [0.5, 0.6) is 5.75 Å². The summed E-state index contributed by atoms with van der Waals surface area (Å²) in [5, 5.41) is 12.6. The van der Waals surface area contributed by atoms with Gasteiger partial charge >= 0.3 is 5.97 Å². The smallest absolute Gasteiger partial charge is 0.358 e. The number of rotatable bonds is 6. The number of methoxy groups -OCH3 is 1. The van der Waals surface area contributed by atoms with E-state index in [1.807, 2.05) is 60.7 Å². The van der Waals surface area contributed by atoms with E-state index in [0.29, 0.717) is 0 Å². The van der Waals surface area contributed by atoms with Gasteiger partial charge in [-0.15, -0.1) is 0 Å². The van der Waals surface area contributed by atoms with E-state index in [-0.39, 0.29) is 17.7 Å². The second-order valence-corrected chi connectivity index (χ2v) is 5.89. The topological polar surface area (TPSA) is 93.4 Å². The quantitative estimate of drug-likeness (QED) is 0.698. The van der Waals surface area contributed by atoms with E-state index in [4.69, 9.17) is 4.74 Å².